The Morgan fingerprint density at radius 2 is 2.25 bits per heavy atom. The summed E-state index contributed by atoms with van der Waals surface area (Å²) in [6.45, 7) is 5.19. The van der Waals surface area contributed by atoms with E-state index in [0.29, 0.717) is 6.54 Å². The second-order valence-electron chi connectivity index (χ2n) is 5.17. The zero-order valence-corrected chi connectivity index (χ0v) is 12.2. The van der Waals surface area contributed by atoms with Gasteiger partial charge in [0.05, 0.1) is 6.54 Å². The molecule has 0 bridgehead atoms. The molecule has 0 saturated carbocycles. The molecule has 0 amide bonds. The topological polar surface area (TPSA) is 60.0 Å². The number of hydrogen-bond acceptors (Lipinski definition) is 4. The van der Waals surface area contributed by atoms with Gasteiger partial charge in [-0.15, -0.1) is 10.2 Å². The van der Waals surface area contributed by atoms with E-state index in [4.69, 9.17) is 17.3 Å². The monoisotopic (exact) mass is 291 g/mol. The van der Waals surface area contributed by atoms with Crippen molar-refractivity contribution in [2.75, 3.05) is 13.1 Å². The van der Waals surface area contributed by atoms with E-state index in [2.05, 4.69) is 25.7 Å². The van der Waals surface area contributed by atoms with Crippen LogP contribution in [0.1, 0.15) is 23.0 Å². The highest BCUT2D eigenvalue weighted by molar-refractivity contribution is 6.31. The third kappa shape index (κ3) is 2.44. The Morgan fingerprint density at radius 3 is 3.00 bits per heavy atom. The lowest BCUT2D eigenvalue weighted by molar-refractivity contribution is 0.156. The molecule has 0 saturated heterocycles. The molecular weight excluding hydrogens is 274 g/mol. The van der Waals surface area contributed by atoms with Crippen LogP contribution in [0.5, 0.6) is 0 Å². The van der Waals surface area contributed by atoms with Crippen LogP contribution in [0.2, 0.25) is 5.02 Å². The quantitative estimate of drug-likeness (QED) is 0.936. The summed E-state index contributed by atoms with van der Waals surface area (Å²) in [6, 6.07) is 6.34. The van der Waals surface area contributed by atoms with E-state index in [1.165, 1.54) is 0 Å². The van der Waals surface area contributed by atoms with E-state index >= 15 is 0 Å². The normalized spacial score (nSPS) is 16.9. The van der Waals surface area contributed by atoms with Gasteiger partial charge in [-0.3, -0.25) is 4.90 Å². The van der Waals surface area contributed by atoms with E-state index in [9.17, 15) is 0 Å². The fourth-order valence-electron chi connectivity index (χ4n) is 2.66. The van der Waals surface area contributed by atoms with Gasteiger partial charge >= 0.3 is 0 Å². The highest BCUT2D eigenvalue weighted by Crippen LogP contribution is 2.27. The van der Waals surface area contributed by atoms with E-state index in [1.807, 2.05) is 19.1 Å². The van der Waals surface area contributed by atoms with Crippen LogP contribution >= 0.6 is 11.6 Å². The van der Waals surface area contributed by atoms with Crippen molar-refractivity contribution in [1.82, 2.24) is 19.7 Å². The van der Waals surface area contributed by atoms with Gasteiger partial charge in [0.25, 0.3) is 0 Å². The summed E-state index contributed by atoms with van der Waals surface area (Å²) >= 11 is 6.23. The van der Waals surface area contributed by atoms with Gasteiger partial charge in [-0.25, -0.2) is 0 Å². The molecule has 106 valence electrons. The number of fused-ring (bicyclic) bond motifs is 1. The van der Waals surface area contributed by atoms with Gasteiger partial charge in [-0.1, -0.05) is 23.7 Å². The number of nitrogens with zero attached hydrogens (tertiary/aromatic N) is 4. The van der Waals surface area contributed by atoms with Crippen LogP contribution < -0.4 is 5.73 Å². The number of benzene rings is 1. The fourth-order valence-corrected chi connectivity index (χ4v) is 2.85. The second kappa shape index (κ2) is 5.52. The molecule has 1 aromatic carbocycles. The van der Waals surface area contributed by atoms with Crippen molar-refractivity contribution in [1.29, 1.82) is 0 Å². The molecule has 1 aromatic heterocycles. The van der Waals surface area contributed by atoms with Gasteiger partial charge in [-0.05, 0) is 24.1 Å². The molecule has 2 heterocycles. The van der Waals surface area contributed by atoms with Gasteiger partial charge in [-0.2, -0.15) is 0 Å². The zero-order chi connectivity index (χ0) is 14.1. The molecule has 0 spiro atoms. The van der Waals surface area contributed by atoms with Crippen LogP contribution in [-0.4, -0.2) is 32.8 Å². The minimum atomic E-state index is 0.165. The van der Waals surface area contributed by atoms with Crippen LogP contribution in [0.15, 0.2) is 24.5 Å². The highest BCUT2D eigenvalue weighted by Gasteiger charge is 2.25. The molecule has 20 heavy (non-hydrogen) atoms. The molecule has 3 rings (SSSR count). The van der Waals surface area contributed by atoms with Gasteiger partial charge < -0.3 is 10.3 Å². The summed E-state index contributed by atoms with van der Waals surface area (Å²) in [4.78, 5) is 2.34. The van der Waals surface area contributed by atoms with Crippen LogP contribution in [0, 0.1) is 6.92 Å². The predicted molar refractivity (Wildman–Crippen MR) is 78.4 cm³/mol. The lowest BCUT2D eigenvalue weighted by atomic mass is 10.0. The average molecular weight is 292 g/mol. The first-order valence-electron chi connectivity index (χ1n) is 6.76. The van der Waals surface area contributed by atoms with Crippen LogP contribution in [-0.2, 0) is 13.1 Å². The summed E-state index contributed by atoms with van der Waals surface area (Å²) < 4.78 is 2.09. The first kappa shape index (κ1) is 13.5. The molecule has 1 atom stereocenters. The molecule has 1 aliphatic rings. The molecule has 6 heteroatoms. The average Bonchev–Trinajstić information content (AvgIpc) is 2.91. The SMILES string of the molecule is Cc1ccc(C(CN)N2CCn3cnnc3C2)cc1Cl. The summed E-state index contributed by atoms with van der Waals surface area (Å²) in [5, 5.41) is 8.90. The van der Waals surface area contributed by atoms with Gasteiger partial charge in [0.15, 0.2) is 0 Å². The second-order valence-corrected chi connectivity index (χ2v) is 5.58. The first-order valence-corrected chi connectivity index (χ1v) is 7.13. The lowest BCUT2D eigenvalue weighted by Gasteiger charge is -2.34. The molecule has 2 aromatic rings. The van der Waals surface area contributed by atoms with Gasteiger partial charge in [0.1, 0.15) is 12.2 Å². The maximum atomic E-state index is 6.23. The number of hydrogen-bond donors (Lipinski definition) is 1. The van der Waals surface area contributed by atoms with E-state index in [1.54, 1.807) is 6.33 Å². The van der Waals surface area contributed by atoms with Crippen LogP contribution in [0.4, 0.5) is 0 Å². The Hall–Kier alpha value is -1.43. The Labute approximate surface area is 123 Å². The van der Waals surface area contributed by atoms with Crippen molar-refractivity contribution < 1.29 is 0 Å². The number of nitrogens with two attached hydrogens (primary N) is 1. The summed E-state index contributed by atoms with van der Waals surface area (Å²) in [6.07, 6.45) is 1.78. The number of aryl methyl sites for hydroxylation is 1. The molecule has 0 radical (unpaired) electrons. The number of aromatic nitrogens is 3. The molecule has 5 nitrogen and oxygen atoms in total. The van der Waals surface area contributed by atoms with Crippen LogP contribution in [0.3, 0.4) is 0 Å². The van der Waals surface area contributed by atoms with Gasteiger partial charge in [0, 0.05) is 30.7 Å². The van der Waals surface area contributed by atoms with Crippen molar-refractivity contribution in [3.05, 3.63) is 46.5 Å². The van der Waals surface area contributed by atoms with Crippen molar-refractivity contribution in [2.45, 2.75) is 26.1 Å². The molecule has 0 fully saturated rings. The Balaban J connectivity index is 1.85. The minimum Gasteiger partial charge on any atom is -0.329 e. The van der Waals surface area contributed by atoms with Gasteiger partial charge in [0.2, 0.25) is 0 Å². The van der Waals surface area contributed by atoms with Crippen molar-refractivity contribution in [3.8, 4) is 0 Å². The Bertz CT molecular complexity index is 609. The van der Waals surface area contributed by atoms with E-state index in [-0.39, 0.29) is 6.04 Å². The Morgan fingerprint density at radius 1 is 1.40 bits per heavy atom. The van der Waals surface area contributed by atoms with Crippen molar-refractivity contribution in [3.63, 3.8) is 0 Å². The van der Waals surface area contributed by atoms with Crippen LogP contribution in [0.25, 0.3) is 0 Å². The zero-order valence-electron chi connectivity index (χ0n) is 11.5. The van der Waals surface area contributed by atoms with E-state index in [0.717, 1.165) is 41.6 Å². The van der Waals surface area contributed by atoms with Crippen molar-refractivity contribution in [2.24, 2.45) is 5.73 Å². The molecule has 1 unspecified atom stereocenters. The number of halogens is 1. The lowest BCUT2D eigenvalue weighted by Crippen LogP contribution is -2.39. The summed E-state index contributed by atoms with van der Waals surface area (Å²) in [5.74, 6) is 0.993. The summed E-state index contributed by atoms with van der Waals surface area (Å²) in [7, 11) is 0. The van der Waals surface area contributed by atoms with Crippen molar-refractivity contribution >= 4 is 11.6 Å². The number of rotatable bonds is 3. The molecule has 0 aliphatic carbocycles. The predicted octanol–water partition coefficient (Wildman–Crippen LogP) is 1.76. The third-order valence-electron chi connectivity index (χ3n) is 3.91. The summed E-state index contributed by atoms with van der Waals surface area (Å²) in [5.41, 5.74) is 8.24. The standard InChI is InChI=1S/C14H18ClN5/c1-10-2-3-11(6-12(10)15)13(7-16)19-4-5-20-9-17-18-14(20)8-19/h2-3,6,9,13H,4-5,7-8,16H2,1H3. The molecular formula is C14H18ClN5. The van der Waals surface area contributed by atoms with E-state index < -0.39 is 0 Å². The molecule has 2 N–H and O–H groups in total. The Kier molecular flexibility index (Phi) is 3.74. The maximum Gasteiger partial charge on any atom is 0.147 e. The molecule has 1 aliphatic heterocycles. The largest absolute Gasteiger partial charge is 0.329 e. The third-order valence-corrected chi connectivity index (χ3v) is 4.32. The fraction of sp³-hybridized carbons (Fsp3) is 0.429. The highest BCUT2D eigenvalue weighted by atomic mass is 35.5. The first-order chi connectivity index (χ1) is 9.69. The minimum absolute atomic E-state index is 0.165. The smallest absolute Gasteiger partial charge is 0.147 e. The maximum absolute atomic E-state index is 6.23.